The quantitative estimate of drug-likeness (QED) is 0.878. The van der Waals surface area contributed by atoms with Crippen LogP contribution in [0.5, 0.6) is 0 Å². The Kier molecular flexibility index (Phi) is 4.11. The number of likely N-dealkylation sites (tertiary alicyclic amines) is 1. The van der Waals surface area contributed by atoms with Crippen molar-refractivity contribution in [3.63, 3.8) is 0 Å². The first-order chi connectivity index (χ1) is 10.6. The number of hydrogen-bond acceptors (Lipinski definition) is 3. The fraction of sp³-hybridized carbons (Fsp3) is 0.500. The summed E-state index contributed by atoms with van der Waals surface area (Å²) in [5.41, 5.74) is 0.809. The van der Waals surface area contributed by atoms with Gasteiger partial charge in [-0.1, -0.05) is 12.1 Å². The lowest BCUT2D eigenvalue weighted by Crippen LogP contribution is -2.49. The first kappa shape index (κ1) is 15.0. The third kappa shape index (κ3) is 2.70. The number of piperazine rings is 1. The van der Waals surface area contributed by atoms with E-state index in [-0.39, 0.29) is 36.0 Å². The summed E-state index contributed by atoms with van der Waals surface area (Å²) < 4.78 is 13.1. The van der Waals surface area contributed by atoms with Crippen LogP contribution in [0.15, 0.2) is 24.3 Å². The third-order valence-corrected chi connectivity index (χ3v) is 4.54. The number of carbonyl (C=O) groups excluding carboxylic acids is 2. The van der Waals surface area contributed by atoms with Gasteiger partial charge in [0.25, 0.3) is 0 Å². The molecule has 0 aromatic heterocycles. The van der Waals surface area contributed by atoms with Crippen LogP contribution in [0.2, 0.25) is 0 Å². The predicted octanol–water partition coefficient (Wildman–Crippen LogP) is 0.777. The molecule has 2 amide bonds. The molecule has 5 nitrogen and oxygen atoms in total. The van der Waals surface area contributed by atoms with Crippen LogP contribution in [-0.4, -0.2) is 54.8 Å². The Morgan fingerprint density at radius 3 is 2.50 bits per heavy atom. The van der Waals surface area contributed by atoms with Gasteiger partial charge >= 0.3 is 0 Å². The minimum absolute atomic E-state index is 0.0218. The molecule has 0 bridgehead atoms. The van der Waals surface area contributed by atoms with Crippen LogP contribution in [0, 0.1) is 11.7 Å². The van der Waals surface area contributed by atoms with Crippen LogP contribution in [-0.2, 0) is 9.59 Å². The molecular formula is C16H20FN3O2. The van der Waals surface area contributed by atoms with Crippen molar-refractivity contribution in [2.24, 2.45) is 5.92 Å². The molecule has 0 aliphatic carbocycles. The van der Waals surface area contributed by atoms with E-state index in [1.165, 1.54) is 12.1 Å². The van der Waals surface area contributed by atoms with E-state index in [0.29, 0.717) is 13.1 Å². The number of nitrogens with zero attached hydrogens (tertiary/aromatic N) is 2. The van der Waals surface area contributed by atoms with E-state index in [0.717, 1.165) is 18.7 Å². The van der Waals surface area contributed by atoms with Crippen molar-refractivity contribution in [2.75, 3.05) is 33.2 Å². The number of benzene rings is 1. The summed E-state index contributed by atoms with van der Waals surface area (Å²) in [7, 11) is 1.71. The number of hydrogen-bond donors (Lipinski definition) is 1. The minimum atomic E-state index is -0.388. The van der Waals surface area contributed by atoms with Crippen LogP contribution < -0.4 is 5.32 Å². The third-order valence-electron chi connectivity index (χ3n) is 4.54. The Morgan fingerprint density at radius 1 is 1.23 bits per heavy atom. The smallest absolute Gasteiger partial charge is 0.228 e. The molecule has 0 radical (unpaired) electrons. The molecule has 2 heterocycles. The molecule has 3 rings (SSSR count). The number of amides is 2. The Morgan fingerprint density at radius 2 is 1.86 bits per heavy atom. The molecule has 118 valence electrons. The summed E-state index contributed by atoms with van der Waals surface area (Å²) in [6.45, 7) is 2.90. The predicted molar refractivity (Wildman–Crippen MR) is 79.5 cm³/mol. The molecule has 1 N–H and O–H groups in total. The topological polar surface area (TPSA) is 52.7 Å². The molecular weight excluding hydrogens is 285 g/mol. The summed E-state index contributed by atoms with van der Waals surface area (Å²) >= 11 is 0. The van der Waals surface area contributed by atoms with Gasteiger partial charge in [0.05, 0.1) is 12.0 Å². The van der Waals surface area contributed by atoms with E-state index in [1.54, 1.807) is 24.1 Å². The molecule has 2 atom stereocenters. The molecule has 22 heavy (non-hydrogen) atoms. The maximum absolute atomic E-state index is 13.1. The van der Waals surface area contributed by atoms with E-state index in [4.69, 9.17) is 0 Å². The van der Waals surface area contributed by atoms with Crippen molar-refractivity contribution < 1.29 is 14.0 Å². The minimum Gasteiger partial charge on any atom is -0.340 e. The molecule has 2 fully saturated rings. The van der Waals surface area contributed by atoms with E-state index in [2.05, 4.69) is 5.32 Å². The van der Waals surface area contributed by atoms with Gasteiger partial charge in [-0.15, -0.1) is 0 Å². The number of nitrogens with one attached hydrogen (secondary N) is 1. The van der Waals surface area contributed by atoms with Crippen molar-refractivity contribution >= 4 is 11.8 Å². The van der Waals surface area contributed by atoms with Gasteiger partial charge < -0.3 is 15.1 Å². The standard InChI is InChI=1S/C16H20FN3O2/c1-19-14(21)10-13(16(22)20-8-6-18-7-9-20)15(19)11-2-4-12(17)5-3-11/h2-5,13,15,18H,6-10H2,1H3. The van der Waals surface area contributed by atoms with Gasteiger partial charge in [0.1, 0.15) is 5.82 Å². The number of rotatable bonds is 2. The van der Waals surface area contributed by atoms with Gasteiger partial charge in [-0.05, 0) is 17.7 Å². The maximum Gasteiger partial charge on any atom is 0.228 e. The Labute approximate surface area is 129 Å². The molecule has 1 aromatic rings. The Hall–Kier alpha value is -1.95. The lowest BCUT2D eigenvalue weighted by Gasteiger charge is -2.32. The van der Waals surface area contributed by atoms with E-state index >= 15 is 0 Å². The van der Waals surface area contributed by atoms with E-state index < -0.39 is 0 Å². The summed E-state index contributed by atoms with van der Waals surface area (Å²) in [5, 5.41) is 3.21. The summed E-state index contributed by atoms with van der Waals surface area (Å²) in [5.74, 6) is -0.724. The lowest BCUT2D eigenvalue weighted by molar-refractivity contribution is -0.137. The van der Waals surface area contributed by atoms with Gasteiger partial charge in [-0.3, -0.25) is 9.59 Å². The molecule has 2 aliphatic heterocycles. The van der Waals surface area contributed by atoms with Crippen LogP contribution in [0.1, 0.15) is 18.0 Å². The highest BCUT2D eigenvalue weighted by Gasteiger charge is 2.44. The van der Waals surface area contributed by atoms with Gasteiger partial charge in [-0.2, -0.15) is 0 Å². The van der Waals surface area contributed by atoms with Crippen LogP contribution in [0.25, 0.3) is 0 Å². The highest BCUT2D eigenvalue weighted by Crippen LogP contribution is 2.38. The van der Waals surface area contributed by atoms with Crippen LogP contribution in [0.4, 0.5) is 4.39 Å². The zero-order valence-corrected chi connectivity index (χ0v) is 12.6. The highest BCUT2D eigenvalue weighted by molar-refractivity contribution is 5.90. The summed E-state index contributed by atoms with van der Waals surface area (Å²) in [6.07, 6.45) is 0.224. The van der Waals surface area contributed by atoms with Crippen LogP contribution in [0.3, 0.4) is 0 Å². The number of carbonyl (C=O) groups is 2. The molecule has 2 aliphatic rings. The van der Waals surface area contributed by atoms with Crippen molar-refractivity contribution in [3.05, 3.63) is 35.6 Å². The molecule has 6 heteroatoms. The summed E-state index contributed by atoms with van der Waals surface area (Å²) in [6, 6.07) is 5.76. The van der Waals surface area contributed by atoms with Gasteiger partial charge in [0, 0.05) is 39.6 Å². The molecule has 2 unspecified atom stereocenters. The second-order valence-corrected chi connectivity index (χ2v) is 5.89. The maximum atomic E-state index is 13.1. The average molecular weight is 305 g/mol. The van der Waals surface area contributed by atoms with Crippen molar-refractivity contribution in [1.29, 1.82) is 0 Å². The van der Waals surface area contributed by atoms with Crippen LogP contribution >= 0.6 is 0 Å². The fourth-order valence-corrected chi connectivity index (χ4v) is 3.33. The SMILES string of the molecule is CN1C(=O)CC(C(=O)N2CCNCC2)C1c1ccc(F)cc1. The second-order valence-electron chi connectivity index (χ2n) is 5.89. The van der Waals surface area contributed by atoms with Gasteiger partial charge in [-0.25, -0.2) is 4.39 Å². The fourth-order valence-electron chi connectivity index (χ4n) is 3.33. The molecule has 0 saturated carbocycles. The zero-order chi connectivity index (χ0) is 15.7. The Balaban J connectivity index is 1.86. The number of halogens is 1. The largest absolute Gasteiger partial charge is 0.340 e. The van der Waals surface area contributed by atoms with Crippen molar-refractivity contribution in [3.8, 4) is 0 Å². The first-order valence-electron chi connectivity index (χ1n) is 7.58. The molecule has 2 saturated heterocycles. The Bertz CT molecular complexity index is 569. The second kappa shape index (κ2) is 6.04. The first-order valence-corrected chi connectivity index (χ1v) is 7.58. The zero-order valence-electron chi connectivity index (χ0n) is 12.6. The normalized spacial score (nSPS) is 25.6. The highest BCUT2D eigenvalue weighted by atomic mass is 19.1. The monoisotopic (exact) mass is 305 g/mol. The van der Waals surface area contributed by atoms with Gasteiger partial charge in [0.2, 0.25) is 11.8 Å². The molecule has 0 spiro atoms. The van der Waals surface area contributed by atoms with Crippen molar-refractivity contribution in [2.45, 2.75) is 12.5 Å². The molecule has 1 aromatic carbocycles. The van der Waals surface area contributed by atoms with Crippen molar-refractivity contribution in [1.82, 2.24) is 15.1 Å². The van der Waals surface area contributed by atoms with Gasteiger partial charge in [0.15, 0.2) is 0 Å². The lowest BCUT2D eigenvalue weighted by atomic mass is 9.92. The summed E-state index contributed by atoms with van der Waals surface area (Å²) in [4.78, 5) is 28.3. The van der Waals surface area contributed by atoms with E-state index in [1.807, 2.05) is 4.90 Å². The van der Waals surface area contributed by atoms with E-state index in [9.17, 15) is 14.0 Å². The average Bonchev–Trinajstić information content (AvgIpc) is 2.84.